The molecule has 0 unspecified atom stereocenters. The molecule has 2 heteroatoms. The molecule has 0 heterocycles. The van der Waals surface area contributed by atoms with E-state index in [1.807, 2.05) is 0 Å². The van der Waals surface area contributed by atoms with Gasteiger partial charge in [0.1, 0.15) is 6.54 Å². The fourth-order valence-electron chi connectivity index (χ4n) is 3.06. The molecule has 0 amide bonds. The van der Waals surface area contributed by atoms with E-state index in [2.05, 4.69) is 21.0 Å². The number of ketones is 1. The molecule has 21 heavy (non-hydrogen) atoms. The number of carbonyl (C=O) groups is 1. The first-order chi connectivity index (χ1) is 9.98. The van der Waals surface area contributed by atoms with E-state index in [4.69, 9.17) is 0 Å². The summed E-state index contributed by atoms with van der Waals surface area (Å²) in [5.74, 6) is 0.305. The molecule has 0 N–H and O–H groups in total. The Balaban J connectivity index is 3.24. The van der Waals surface area contributed by atoms with Crippen molar-refractivity contribution in [3.63, 3.8) is 0 Å². The third kappa shape index (κ3) is 15.8. The third-order valence-electron chi connectivity index (χ3n) is 4.27. The van der Waals surface area contributed by atoms with Crippen LogP contribution < -0.4 is 0 Å². The monoisotopic (exact) mass is 298 g/mol. The van der Waals surface area contributed by atoms with E-state index in [1.54, 1.807) is 6.92 Å². The Morgan fingerprint density at radius 2 is 1.10 bits per heavy atom. The van der Waals surface area contributed by atoms with Crippen molar-refractivity contribution in [1.29, 1.82) is 0 Å². The van der Waals surface area contributed by atoms with Crippen LogP contribution in [0.5, 0.6) is 0 Å². The van der Waals surface area contributed by atoms with Gasteiger partial charge in [0.15, 0.2) is 5.78 Å². The van der Waals surface area contributed by atoms with Crippen LogP contribution in [-0.2, 0) is 4.79 Å². The number of quaternary nitrogens is 1. The smallest absolute Gasteiger partial charge is 0.183 e. The minimum atomic E-state index is 0.305. The highest BCUT2D eigenvalue weighted by atomic mass is 16.1. The van der Waals surface area contributed by atoms with Crippen LogP contribution in [0, 0.1) is 0 Å². The highest BCUT2D eigenvalue weighted by Gasteiger charge is 2.16. The van der Waals surface area contributed by atoms with Gasteiger partial charge < -0.3 is 4.48 Å². The zero-order valence-electron chi connectivity index (χ0n) is 15.3. The maximum Gasteiger partial charge on any atom is 0.183 e. The summed E-state index contributed by atoms with van der Waals surface area (Å²) in [5, 5.41) is 0. The summed E-state index contributed by atoms with van der Waals surface area (Å²) in [4.78, 5) is 11.2. The lowest BCUT2D eigenvalue weighted by atomic mass is 10.1. The molecule has 0 bridgehead atoms. The predicted octanol–water partition coefficient (Wildman–Crippen LogP) is 5.35. The van der Waals surface area contributed by atoms with Gasteiger partial charge in [0.25, 0.3) is 0 Å². The second kappa shape index (κ2) is 13.3. The summed E-state index contributed by atoms with van der Waals surface area (Å²) in [6.07, 6.45) is 16.7. The Labute approximate surface area is 133 Å². The molecule has 0 aliphatic rings. The fourth-order valence-corrected chi connectivity index (χ4v) is 3.06. The third-order valence-corrected chi connectivity index (χ3v) is 4.27. The van der Waals surface area contributed by atoms with E-state index in [1.165, 1.54) is 77.0 Å². The fraction of sp³-hybridized carbons (Fsp3) is 0.947. The van der Waals surface area contributed by atoms with E-state index in [0.29, 0.717) is 12.3 Å². The summed E-state index contributed by atoms with van der Waals surface area (Å²) in [7, 11) is 4.33. The molecular weight excluding hydrogens is 258 g/mol. The number of carbonyl (C=O) groups excluding carboxylic acids is 1. The van der Waals surface area contributed by atoms with Crippen molar-refractivity contribution < 1.29 is 9.28 Å². The molecule has 0 saturated carbocycles. The minimum absolute atomic E-state index is 0.305. The first-order valence-corrected chi connectivity index (χ1v) is 9.29. The van der Waals surface area contributed by atoms with Crippen LogP contribution in [0.1, 0.15) is 90.9 Å². The average molecular weight is 299 g/mol. The molecule has 0 atom stereocenters. The van der Waals surface area contributed by atoms with Crippen LogP contribution in [0.25, 0.3) is 0 Å². The average Bonchev–Trinajstić information content (AvgIpc) is 2.38. The van der Waals surface area contributed by atoms with Crippen LogP contribution in [0.2, 0.25) is 0 Å². The van der Waals surface area contributed by atoms with Crippen molar-refractivity contribution in [1.82, 2.24) is 0 Å². The van der Waals surface area contributed by atoms with Gasteiger partial charge in [0, 0.05) is 6.92 Å². The van der Waals surface area contributed by atoms with Crippen molar-refractivity contribution in [3.8, 4) is 0 Å². The Morgan fingerprint density at radius 3 is 1.48 bits per heavy atom. The van der Waals surface area contributed by atoms with Crippen molar-refractivity contribution in [3.05, 3.63) is 0 Å². The molecule has 0 rings (SSSR count). The summed E-state index contributed by atoms with van der Waals surface area (Å²) in [6, 6.07) is 0. The van der Waals surface area contributed by atoms with E-state index < -0.39 is 0 Å². The van der Waals surface area contributed by atoms with Gasteiger partial charge in [0.2, 0.25) is 0 Å². The van der Waals surface area contributed by atoms with Gasteiger partial charge in [-0.2, -0.15) is 0 Å². The molecule has 0 aromatic carbocycles. The normalized spacial score (nSPS) is 11.8. The molecule has 2 nitrogen and oxygen atoms in total. The van der Waals surface area contributed by atoms with Gasteiger partial charge in [-0.05, 0) is 12.8 Å². The lowest BCUT2D eigenvalue weighted by Crippen LogP contribution is -2.43. The van der Waals surface area contributed by atoms with Gasteiger partial charge in [-0.3, -0.25) is 4.79 Å². The predicted molar refractivity (Wildman–Crippen MR) is 93.6 cm³/mol. The number of nitrogens with zero attached hydrogens (tertiary/aromatic N) is 1. The number of unbranched alkanes of at least 4 members (excludes halogenated alkanes) is 11. The van der Waals surface area contributed by atoms with Crippen LogP contribution in [0.4, 0.5) is 0 Å². The largest absolute Gasteiger partial charge is 0.322 e. The van der Waals surface area contributed by atoms with Gasteiger partial charge in [-0.25, -0.2) is 0 Å². The lowest BCUT2D eigenvalue weighted by Gasteiger charge is -2.28. The zero-order chi connectivity index (χ0) is 16.0. The maximum atomic E-state index is 11.2. The summed E-state index contributed by atoms with van der Waals surface area (Å²) < 4.78 is 0.854. The van der Waals surface area contributed by atoms with Crippen LogP contribution in [0.15, 0.2) is 0 Å². The summed E-state index contributed by atoms with van der Waals surface area (Å²) in [5.41, 5.74) is 0. The number of likely N-dealkylation sites (N-methyl/N-ethyl adjacent to an activating group) is 1. The molecule has 0 saturated heterocycles. The van der Waals surface area contributed by atoms with Crippen molar-refractivity contribution in [2.24, 2.45) is 0 Å². The van der Waals surface area contributed by atoms with Crippen LogP contribution in [0.3, 0.4) is 0 Å². The maximum absolute atomic E-state index is 11.2. The molecule has 0 fully saturated rings. The van der Waals surface area contributed by atoms with Crippen LogP contribution >= 0.6 is 0 Å². The molecule has 0 spiro atoms. The standard InChI is InChI=1S/C19H40NO/c1-5-6-7-8-9-10-11-12-13-14-15-16-17-20(3,4)18-19(2)21/h5-18H2,1-4H3/q+1. The molecule has 0 aliphatic heterocycles. The Morgan fingerprint density at radius 1 is 0.714 bits per heavy atom. The zero-order valence-corrected chi connectivity index (χ0v) is 15.3. The van der Waals surface area contributed by atoms with E-state index in [9.17, 15) is 4.79 Å². The first kappa shape index (κ1) is 20.6. The topological polar surface area (TPSA) is 17.1 Å². The molecular formula is C19H40NO+. The van der Waals surface area contributed by atoms with Gasteiger partial charge in [0.05, 0.1) is 20.6 Å². The molecule has 0 aliphatic carbocycles. The van der Waals surface area contributed by atoms with Crippen molar-refractivity contribution in [2.75, 3.05) is 27.2 Å². The van der Waals surface area contributed by atoms with E-state index >= 15 is 0 Å². The lowest BCUT2D eigenvalue weighted by molar-refractivity contribution is -0.882. The Kier molecular flexibility index (Phi) is 13.1. The SMILES string of the molecule is CCCCCCCCCCCCCC[N+](C)(C)CC(C)=O. The molecule has 0 aromatic rings. The van der Waals surface area contributed by atoms with Gasteiger partial charge >= 0.3 is 0 Å². The number of Topliss-reactive ketones (excluding diaryl/α,β-unsaturated/α-hetero) is 1. The number of hydrogen-bond acceptors (Lipinski definition) is 1. The van der Waals surface area contributed by atoms with E-state index in [-0.39, 0.29) is 0 Å². The molecule has 126 valence electrons. The second-order valence-corrected chi connectivity index (χ2v) is 7.41. The quantitative estimate of drug-likeness (QED) is 0.294. The summed E-state index contributed by atoms with van der Waals surface area (Å²) >= 11 is 0. The highest BCUT2D eigenvalue weighted by molar-refractivity contribution is 5.76. The van der Waals surface area contributed by atoms with E-state index in [0.717, 1.165) is 11.0 Å². The van der Waals surface area contributed by atoms with Crippen LogP contribution in [-0.4, -0.2) is 37.5 Å². The second-order valence-electron chi connectivity index (χ2n) is 7.41. The number of rotatable bonds is 15. The Bertz CT molecular complexity index is 248. The summed E-state index contributed by atoms with van der Waals surface area (Å²) in [6.45, 7) is 5.79. The van der Waals surface area contributed by atoms with Gasteiger partial charge in [-0.1, -0.05) is 71.1 Å². The number of hydrogen-bond donors (Lipinski definition) is 0. The minimum Gasteiger partial charge on any atom is -0.322 e. The molecule has 0 aromatic heterocycles. The Hall–Kier alpha value is -0.370. The highest BCUT2D eigenvalue weighted by Crippen LogP contribution is 2.12. The van der Waals surface area contributed by atoms with Crippen molar-refractivity contribution in [2.45, 2.75) is 90.9 Å². The molecule has 0 radical (unpaired) electrons. The van der Waals surface area contributed by atoms with Gasteiger partial charge in [-0.15, -0.1) is 0 Å². The van der Waals surface area contributed by atoms with Crippen molar-refractivity contribution >= 4 is 5.78 Å². The first-order valence-electron chi connectivity index (χ1n) is 9.29.